The van der Waals surface area contributed by atoms with Crippen LogP contribution in [0.4, 0.5) is 0 Å². The molecule has 0 unspecified atom stereocenters. The Balaban J connectivity index is 0.00000242. The molecule has 0 amide bonds. The number of guanidine groups is 1. The lowest BCUT2D eigenvalue weighted by Crippen LogP contribution is -2.44. The van der Waals surface area contributed by atoms with Crippen LogP contribution in [-0.4, -0.2) is 30.1 Å². The first-order chi connectivity index (χ1) is 10.3. The van der Waals surface area contributed by atoms with Crippen LogP contribution in [0, 0.1) is 6.92 Å². The largest absolute Gasteiger partial charge is 0.357 e. The molecule has 1 heterocycles. The summed E-state index contributed by atoms with van der Waals surface area (Å²) < 4.78 is 0. The van der Waals surface area contributed by atoms with Crippen molar-refractivity contribution in [1.82, 2.24) is 15.6 Å². The molecule has 1 aliphatic rings. The maximum Gasteiger partial charge on any atom is 0.191 e. The molecule has 0 aromatic carbocycles. The van der Waals surface area contributed by atoms with E-state index in [1.807, 2.05) is 12.4 Å². The second-order valence-corrected chi connectivity index (χ2v) is 5.79. The van der Waals surface area contributed by atoms with E-state index in [0.717, 1.165) is 25.5 Å². The summed E-state index contributed by atoms with van der Waals surface area (Å²) in [6.07, 6.45) is 11.4. The van der Waals surface area contributed by atoms with Gasteiger partial charge in [0.05, 0.1) is 0 Å². The first-order valence-electron chi connectivity index (χ1n) is 8.24. The van der Waals surface area contributed by atoms with Crippen molar-refractivity contribution in [2.24, 2.45) is 4.99 Å². The predicted molar refractivity (Wildman–Crippen MR) is 104 cm³/mol. The molecule has 0 radical (unpaired) electrons. The van der Waals surface area contributed by atoms with Gasteiger partial charge in [0.2, 0.25) is 0 Å². The van der Waals surface area contributed by atoms with Gasteiger partial charge in [0.15, 0.2) is 5.96 Å². The minimum atomic E-state index is 0. The minimum Gasteiger partial charge on any atom is -0.357 e. The summed E-state index contributed by atoms with van der Waals surface area (Å²) in [5, 5.41) is 6.94. The molecule has 5 heteroatoms. The van der Waals surface area contributed by atoms with Gasteiger partial charge in [-0.25, -0.2) is 0 Å². The molecule has 2 rings (SSSR count). The van der Waals surface area contributed by atoms with Crippen molar-refractivity contribution < 1.29 is 0 Å². The fourth-order valence-corrected chi connectivity index (χ4v) is 2.83. The molecule has 1 fully saturated rings. The number of hydrogen-bond donors (Lipinski definition) is 2. The van der Waals surface area contributed by atoms with Gasteiger partial charge in [-0.05, 0) is 50.3 Å². The third-order valence-electron chi connectivity index (χ3n) is 4.08. The van der Waals surface area contributed by atoms with Gasteiger partial charge in [0.1, 0.15) is 0 Å². The number of aromatic nitrogens is 1. The van der Waals surface area contributed by atoms with Crippen molar-refractivity contribution >= 4 is 29.9 Å². The third-order valence-corrected chi connectivity index (χ3v) is 4.08. The molecule has 2 N–H and O–H groups in total. The fraction of sp³-hybridized carbons (Fsp3) is 0.647. The van der Waals surface area contributed by atoms with Gasteiger partial charge < -0.3 is 10.6 Å². The Morgan fingerprint density at radius 3 is 2.77 bits per heavy atom. The highest BCUT2D eigenvalue weighted by Crippen LogP contribution is 2.17. The quantitative estimate of drug-likeness (QED) is 0.439. The molecule has 0 atom stereocenters. The third kappa shape index (κ3) is 6.50. The summed E-state index contributed by atoms with van der Waals surface area (Å²) in [6.45, 7) is 5.95. The van der Waals surface area contributed by atoms with E-state index in [1.54, 1.807) is 0 Å². The average Bonchev–Trinajstić information content (AvgIpc) is 2.50. The molecule has 0 saturated heterocycles. The topological polar surface area (TPSA) is 49.3 Å². The maximum absolute atomic E-state index is 4.72. The van der Waals surface area contributed by atoms with Gasteiger partial charge in [0, 0.05) is 31.5 Å². The van der Waals surface area contributed by atoms with Crippen LogP contribution in [-0.2, 0) is 6.42 Å². The van der Waals surface area contributed by atoms with Crippen LogP contribution >= 0.6 is 24.0 Å². The predicted octanol–water partition coefficient (Wildman–Crippen LogP) is 3.44. The molecule has 0 bridgehead atoms. The zero-order chi connectivity index (χ0) is 14.9. The van der Waals surface area contributed by atoms with Gasteiger partial charge in [0.25, 0.3) is 0 Å². The highest BCUT2D eigenvalue weighted by atomic mass is 127. The Morgan fingerprint density at radius 1 is 1.32 bits per heavy atom. The smallest absolute Gasteiger partial charge is 0.191 e. The molecule has 4 nitrogen and oxygen atoms in total. The van der Waals surface area contributed by atoms with Crippen molar-refractivity contribution in [3.8, 4) is 0 Å². The summed E-state index contributed by atoms with van der Waals surface area (Å²) in [7, 11) is 0. The van der Waals surface area contributed by atoms with E-state index in [1.165, 1.54) is 43.2 Å². The summed E-state index contributed by atoms with van der Waals surface area (Å²) in [4.78, 5) is 8.85. The molecule has 0 aliphatic heterocycles. The van der Waals surface area contributed by atoms with Crippen LogP contribution in [0.1, 0.15) is 50.2 Å². The van der Waals surface area contributed by atoms with Gasteiger partial charge >= 0.3 is 0 Å². The summed E-state index contributed by atoms with van der Waals surface area (Å²) in [5.41, 5.74) is 2.58. The molecule has 22 heavy (non-hydrogen) atoms. The van der Waals surface area contributed by atoms with E-state index < -0.39 is 0 Å². The standard InChI is InChI=1S/C17H28N4.HI/c1-3-19-17(21-16-7-5-4-6-8-16)20-12-10-15-9-11-18-13-14(15)2;/h9,11,13,16H,3-8,10,12H2,1-2H3,(H2,19,20,21);1H. The van der Waals surface area contributed by atoms with E-state index >= 15 is 0 Å². The first kappa shape index (κ1) is 19.2. The van der Waals surface area contributed by atoms with Gasteiger partial charge in [-0.2, -0.15) is 0 Å². The number of nitrogens with zero attached hydrogens (tertiary/aromatic N) is 2. The number of nitrogens with one attached hydrogen (secondary N) is 2. The Bertz CT molecular complexity index is 456. The zero-order valence-corrected chi connectivity index (χ0v) is 16.1. The lowest BCUT2D eigenvalue weighted by Gasteiger charge is -2.24. The van der Waals surface area contributed by atoms with Crippen molar-refractivity contribution in [1.29, 1.82) is 0 Å². The molecule has 1 aliphatic carbocycles. The maximum atomic E-state index is 4.72. The molecule has 1 aromatic rings. The van der Waals surface area contributed by atoms with E-state index in [4.69, 9.17) is 4.99 Å². The highest BCUT2D eigenvalue weighted by Gasteiger charge is 2.14. The number of aliphatic imine (C=N–C) groups is 1. The summed E-state index contributed by atoms with van der Waals surface area (Å²) in [6, 6.07) is 2.69. The number of halogens is 1. The monoisotopic (exact) mass is 416 g/mol. The van der Waals surface area contributed by atoms with E-state index in [0.29, 0.717) is 6.04 Å². The van der Waals surface area contributed by atoms with E-state index in [2.05, 4.69) is 35.5 Å². The lowest BCUT2D eigenvalue weighted by atomic mass is 9.96. The second-order valence-electron chi connectivity index (χ2n) is 5.79. The van der Waals surface area contributed by atoms with Crippen molar-refractivity contribution in [3.05, 3.63) is 29.6 Å². The van der Waals surface area contributed by atoms with Gasteiger partial charge in [-0.15, -0.1) is 24.0 Å². The fourth-order valence-electron chi connectivity index (χ4n) is 2.83. The van der Waals surface area contributed by atoms with Gasteiger partial charge in [-0.1, -0.05) is 19.3 Å². The van der Waals surface area contributed by atoms with Crippen LogP contribution < -0.4 is 10.6 Å². The van der Waals surface area contributed by atoms with Gasteiger partial charge in [-0.3, -0.25) is 9.98 Å². The number of pyridine rings is 1. The number of aryl methyl sites for hydroxylation is 1. The van der Waals surface area contributed by atoms with Crippen molar-refractivity contribution in [2.45, 2.75) is 58.4 Å². The van der Waals surface area contributed by atoms with E-state index in [-0.39, 0.29) is 24.0 Å². The molecule has 1 aromatic heterocycles. The first-order valence-corrected chi connectivity index (χ1v) is 8.24. The molecule has 0 spiro atoms. The van der Waals surface area contributed by atoms with Crippen LogP contribution in [0.2, 0.25) is 0 Å². The molecule has 1 saturated carbocycles. The molecular weight excluding hydrogens is 387 g/mol. The number of hydrogen-bond acceptors (Lipinski definition) is 2. The Labute approximate surface area is 151 Å². The average molecular weight is 416 g/mol. The van der Waals surface area contributed by atoms with Crippen molar-refractivity contribution in [3.63, 3.8) is 0 Å². The van der Waals surface area contributed by atoms with Crippen LogP contribution in [0.3, 0.4) is 0 Å². The lowest BCUT2D eigenvalue weighted by molar-refractivity contribution is 0.410. The Kier molecular flexibility index (Phi) is 9.43. The number of rotatable bonds is 5. The second kappa shape index (κ2) is 10.8. The van der Waals surface area contributed by atoms with E-state index in [9.17, 15) is 0 Å². The molecular formula is C17H29IN4. The Hall–Kier alpha value is -0.850. The van der Waals surface area contributed by atoms with Crippen LogP contribution in [0.15, 0.2) is 23.5 Å². The SMILES string of the molecule is CCNC(=NCCc1ccncc1C)NC1CCCCC1.I. The molecule has 124 valence electrons. The normalized spacial score (nSPS) is 16.0. The minimum absolute atomic E-state index is 0. The highest BCUT2D eigenvalue weighted by molar-refractivity contribution is 14.0. The van der Waals surface area contributed by atoms with Crippen LogP contribution in [0.25, 0.3) is 0 Å². The Morgan fingerprint density at radius 2 is 2.09 bits per heavy atom. The summed E-state index contributed by atoms with van der Waals surface area (Å²) in [5.74, 6) is 0.969. The van der Waals surface area contributed by atoms with Crippen molar-refractivity contribution in [2.75, 3.05) is 13.1 Å². The van der Waals surface area contributed by atoms with Crippen LogP contribution in [0.5, 0.6) is 0 Å². The zero-order valence-electron chi connectivity index (χ0n) is 13.8. The summed E-state index contributed by atoms with van der Waals surface area (Å²) >= 11 is 0.